The Morgan fingerprint density at radius 2 is 2.30 bits per heavy atom. The minimum absolute atomic E-state index is 0.0788. The summed E-state index contributed by atoms with van der Waals surface area (Å²) in [5, 5.41) is 0.527. The zero-order valence-corrected chi connectivity index (χ0v) is 12.5. The van der Waals surface area contributed by atoms with E-state index in [1.165, 1.54) is 0 Å². The van der Waals surface area contributed by atoms with Crippen molar-refractivity contribution in [1.82, 2.24) is 4.90 Å². The standard InChI is InChI=1S/C16H20ClNO2/c1-3-7-18-8-5-4-6-15(18)16(19)12-9-13(17)11-14(10-12)20-2/h3,9-11,15H,1,4-8H2,2H3. The molecule has 1 aromatic carbocycles. The predicted molar refractivity (Wildman–Crippen MR) is 81.7 cm³/mol. The molecular weight excluding hydrogens is 274 g/mol. The first-order valence-corrected chi connectivity index (χ1v) is 7.27. The van der Waals surface area contributed by atoms with Gasteiger partial charge in [-0.25, -0.2) is 0 Å². The van der Waals surface area contributed by atoms with Crippen molar-refractivity contribution in [1.29, 1.82) is 0 Å². The van der Waals surface area contributed by atoms with E-state index in [0.29, 0.717) is 16.3 Å². The van der Waals surface area contributed by atoms with Crippen LogP contribution in [0, 0.1) is 0 Å². The maximum absolute atomic E-state index is 12.7. The molecule has 1 aliphatic heterocycles. The molecule has 0 N–H and O–H groups in total. The van der Waals surface area contributed by atoms with Gasteiger partial charge in [0.25, 0.3) is 0 Å². The van der Waals surface area contributed by atoms with Gasteiger partial charge in [0.2, 0.25) is 0 Å². The second kappa shape index (κ2) is 6.91. The SMILES string of the molecule is C=CCN1CCCCC1C(=O)c1cc(Cl)cc(OC)c1. The highest BCUT2D eigenvalue weighted by Gasteiger charge is 2.28. The van der Waals surface area contributed by atoms with E-state index in [1.807, 2.05) is 6.08 Å². The molecule has 1 saturated heterocycles. The smallest absolute Gasteiger partial charge is 0.180 e. The van der Waals surface area contributed by atoms with Gasteiger partial charge in [0.1, 0.15) is 5.75 Å². The minimum atomic E-state index is -0.0788. The number of hydrogen-bond acceptors (Lipinski definition) is 3. The number of rotatable bonds is 5. The number of ether oxygens (including phenoxy) is 1. The largest absolute Gasteiger partial charge is 0.497 e. The lowest BCUT2D eigenvalue weighted by atomic mass is 9.94. The fourth-order valence-electron chi connectivity index (χ4n) is 2.69. The van der Waals surface area contributed by atoms with Crippen LogP contribution in [0.2, 0.25) is 5.02 Å². The van der Waals surface area contributed by atoms with E-state index in [9.17, 15) is 4.79 Å². The summed E-state index contributed by atoms with van der Waals surface area (Å²) in [4.78, 5) is 14.9. The van der Waals surface area contributed by atoms with Crippen molar-refractivity contribution in [3.8, 4) is 5.75 Å². The van der Waals surface area contributed by atoms with Crippen LogP contribution < -0.4 is 4.74 Å². The zero-order chi connectivity index (χ0) is 14.5. The zero-order valence-electron chi connectivity index (χ0n) is 11.8. The first-order chi connectivity index (χ1) is 9.65. The molecule has 20 heavy (non-hydrogen) atoms. The van der Waals surface area contributed by atoms with Crippen molar-refractivity contribution in [2.24, 2.45) is 0 Å². The summed E-state index contributed by atoms with van der Waals surface area (Å²) in [6.45, 7) is 5.46. The predicted octanol–water partition coefficient (Wildman–Crippen LogP) is 3.57. The van der Waals surface area contributed by atoms with E-state index in [0.717, 1.165) is 32.4 Å². The van der Waals surface area contributed by atoms with Crippen LogP contribution in [0.25, 0.3) is 0 Å². The van der Waals surface area contributed by atoms with E-state index < -0.39 is 0 Å². The molecule has 0 aromatic heterocycles. The third kappa shape index (κ3) is 3.41. The number of piperidine rings is 1. The van der Waals surface area contributed by atoms with Gasteiger partial charge < -0.3 is 4.74 Å². The van der Waals surface area contributed by atoms with Gasteiger partial charge in [0, 0.05) is 17.1 Å². The number of benzene rings is 1. The Kier molecular flexibility index (Phi) is 5.21. The van der Waals surface area contributed by atoms with Crippen molar-refractivity contribution in [3.63, 3.8) is 0 Å². The Morgan fingerprint density at radius 3 is 3.00 bits per heavy atom. The number of likely N-dealkylation sites (tertiary alicyclic amines) is 1. The summed E-state index contributed by atoms with van der Waals surface area (Å²) in [6.07, 6.45) is 4.96. The van der Waals surface area contributed by atoms with E-state index in [-0.39, 0.29) is 11.8 Å². The van der Waals surface area contributed by atoms with E-state index >= 15 is 0 Å². The Labute approximate surface area is 125 Å². The summed E-state index contributed by atoms with van der Waals surface area (Å²) in [5.41, 5.74) is 0.621. The lowest BCUT2D eigenvalue weighted by Crippen LogP contribution is -2.44. The van der Waals surface area contributed by atoms with Gasteiger partial charge in [0.05, 0.1) is 13.2 Å². The number of carbonyl (C=O) groups is 1. The number of ketones is 1. The number of hydrogen-bond donors (Lipinski definition) is 0. The monoisotopic (exact) mass is 293 g/mol. The van der Waals surface area contributed by atoms with Crippen molar-refractivity contribution in [3.05, 3.63) is 41.4 Å². The molecule has 3 nitrogen and oxygen atoms in total. The lowest BCUT2D eigenvalue weighted by Gasteiger charge is -2.33. The van der Waals surface area contributed by atoms with Crippen LogP contribution in [0.1, 0.15) is 29.6 Å². The maximum Gasteiger partial charge on any atom is 0.180 e. The number of methoxy groups -OCH3 is 1. The summed E-state index contributed by atoms with van der Waals surface area (Å²) in [6, 6.07) is 5.10. The van der Waals surface area contributed by atoms with Gasteiger partial charge in [-0.05, 0) is 37.6 Å². The lowest BCUT2D eigenvalue weighted by molar-refractivity contribution is 0.0771. The normalized spacial score (nSPS) is 19.6. The van der Waals surface area contributed by atoms with Gasteiger partial charge in [0.15, 0.2) is 5.78 Å². The minimum Gasteiger partial charge on any atom is -0.497 e. The summed E-state index contributed by atoms with van der Waals surface area (Å²) in [7, 11) is 1.57. The first kappa shape index (κ1) is 15.1. The average molecular weight is 294 g/mol. The Bertz CT molecular complexity index is 501. The van der Waals surface area contributed by atoms with Crippen molar-refractivity contribution >= 4 is 17.4 Å². The van der Waals surface area contributed by atoms with Crippen LogP contribution in [0.3, 0.4) is 0 Å². The first-order valence-electron chi connectivity index (χ1n) is 6.89. The van der Waals surface area contributed by atoms with Crippen molar-refractivity contribution in [2.75, 3.05) is 20.2 Å². The van der Waals surface area contributed by atoms with Crippen LogP contribution in [0.4, 0.5) is 0 Å². The summed E-state index contributed by atoms with van der Waals surface area (Å²) in [5.74, 6) is 0.735. The number of Topliss-reactive ketones (excluding diaryl/α,β-unsaturated/α-hetero) is 1. The fraction of sp³-hybridized carbons (Fsp3) is 0.438. The van der Waals surface area contributed by atoms with Gasteiger partial charge in [-0.15, -0.1) is 6.58 Å². The fourth-order valence-corrected chi connectivity index (χ4v) is 2.91. The third-order valence-electron chi connectivity index (χ3n) is 3.67. The number of carbonyl (C=O) groups excluding carboxylic acids is 1. The van der Waals surface area contributed by atoms with Gasteiger partial charge >= 0.3 is 0 Å². The molecule has 0 bridgehead atoms. The molecule has 0 saturated carbocycles. The third-order valence-corrected chi connectivity index (χ3v) is 3.89. The highest BCUT2D eigenvalue weighted by molar-refractivity contribution is 6.31. The molecule has 1 atom stereocenters. The van der Waals surface area contributed by atoms with Crippen molar-refractivity contribution < 1.29 is 9.53 Å². The van der Waals surface area contributed by atoms with Crippen molar-refractivity contribution in [2.45, 2.75) is 25.3 Å². The van der Waals surface area contributed by atoms with Crippen LogP contribution in [-0.4, -0.2) is 36.9 Å². The summed E-state index contributed by atoms with van der Waals surface area (Å²) >= 11 is 6.05. The van der Waals surface area contributed by atoms with Crippen LogP contribution in [0.5, 0.6) is 5.75 Å². The van der Waals surface area contributed by atoms with E-state index in [1.54, 1.807) is 25.3 Å². The Hall–Kier alpha value is -1.32. The van der Waals surface area contributed by atoms with Gasteiger partial charge in [-0.3, -0.25) is 9.69 Å². The number of halogens is 1. The molecule has 1 heterocycles. The molecule has 4 heteroatoms. The van der Waals surface area contributed by atoms with Crippen LogP contribution in [0.15, 0.2) is 30.9 Å². The Morgan fingerprint density at radius 1 is 1.50 bits per heavy atom. The Balaban J connectivity index is 2.24. The molecule has 2 rings (SSSR count). The molecule has 0 aliphatic carbocycles. The molecule has 1 aromatic rings. The molecule has 0 spiro atoms. The second-order valence-corrected chi connectivity index (χ2v) is 5.48. The highest BCUT2D eigenvalue weighted by atomic mass is 35.5. The molecule has 1 fully saturated rings. The van der Waals surface area contributed by atoms with Crippen LogP contribution in [-0.2, 0) is 0 Å². The second-order valence-electron chi connectivity index (χ2n) is 5.04. The quantitative estimate of drug-likeness (QED) is 0.614. The number of nitrogens with zero attached hydrogens (tertiary/aromatic N) is 1. The maximum atomic E-state index is 12.7. The topological polar surface area (TPSA) is 29.5 Å². The molecule has 1 unspecified atom stereocenters. The van der Waals surface area contributed by atoms with E-state index in [2.05, 4.69) is 11.5 Å². The van der Waals surface area contributed by atoms with Crippen LogP contribution >= 0.6 is 11.6 Å². The molecule has 0 amide bonds. The molecule has 108 valence electrons. The molecule has 1 aliphatic rings. The van der Waals surface area contributed by atoms with Gasteiger partial charge in [-0.2, -0.15) is 0 Å². The molecule has 0 radical (unpaired) electrons. The summed E-state index contributed by atoms with van der Waals surface area (Å²) < 4.78 is 5.18. The highest BCUT2D eigenvalue weighted by Crippen LogP contribution is 2.25. The van der Waals surface area contributed by atoms with E-state index in [4.69, 9.17) is 16.3 Å². The average Bonchev–Trinajstić information content (AvgIpc) is 2.46. The molecular formula is C16H20ClNO2. The van der Waals surface area contributed by atoms with Gasteiger partial charge in [-0.1, -0.05) is 24.1 Å².